The highest BCUT2D eigenvalue weighted by Crippen LogP contribution is 2.40. The molecule has 234 valence electrons. The van der Waals surface area contributed by atoms with Gasteiger partial charge in [0.2, 0.25) is 6.35 Å². The molecule has 0 spiro atoms. The van der Waals surface area contributed by atoms with E-state index >= 15 is 0 Å². The lowest BCUT2D eigenvalue weighted by atomic mass is 9.90. The third-order valence-electron chi connectivity index (χ3n) is 8.81. The Balaban J connectivity index is 1.07. The van der Waals surface area contributed by atoms with Crippen molar-refractivity contribution in [3.8, 4) is 0 Å². The van der Waals surface area contributed by atoms with Crippen LogP contribution in [0.3, 0.4) is 0 Å². The van der Waals surface area contributed by atoms with Crippen LogP contribution >= 0.6 is 0 Å². The van der Waals surface area contributed by atoms with Crippen LogP contribution in [0.5, 0.6) is 0 Å². The minimum Gasteiger partial charge on any atom is -0.481 e. The van der Waals surface area contributed by atoms with E-state index in [2.05, 4.69) is 0 Å². The van der Waals surface area contributed by atoms with Gasteiger partial charge in [0.1, 0.15) is 0 Å². The van der Waals surface area contributed by atoms with Crippen molar-refractivity contribution in [3.05, 3.63) is 0 Å². The van der Waals surface area contributed by atoms with Crippen LogP contribution in [0, 0.1) is 11.8 Å². The Morgan fingerprint density at radius 3 is 1.71 bits per heavy atom. The summed E-state index contributed by atoms with van der Waals surface area (Å²) in [5.74, 6) is -1.47. The van der Waals surface area contributed by atoms with Crippen molar-refractivity contribution in [2.75, 3.05) is 32.8 Å². The number of carbonyl (C=O) groups is 5. The van der Waals surface area contributed by atoms with Crippen LogP contribution in [-0.4, -0.2) is 118 Å². The largest absolute Gasteiger partial charge is 0.481 e. The molecule has 3 heterocycles. The Labute approximate surface area is 244 Å². The lowest BCUT2D eigenvalue weighted by Gasteiger charge is -2.44. The molecule has 14 heteroatoms. The average Bonchev–Trinajstić information content (AvgIpc) is 3.88. The minimum absolute atomic E-state index is 0.00914. The van der Waals surface area contributed by atoms with E-state index in [0.29, 0.717) is 25.4 Å². The normalized spacial score (nSPS) is 31.7. The first-order valence-electron chi connectivity index (χ1n) is 15.1. The first-order chi connectivity index (χ1) is 20.2. The van der Waals surface area contributed by atoms with E-state index in [1.807, 2.05) is 0 Å². The van der Waals surface area contributed by atoms with Crippen LogP contribution < -0.4 is 0 Å². The average molecular weight is 596 g/mol. The molecule has 7 unspecified atom stereocenters. The minimum atomic E-state index is -1.68. The number of esters is 2. The molecule has 0 bridgehead atoms. The van der Waals surface area contributed by atoms with Gasteiger partial charge >= 0.3 is 30.0 Å². The number of hydrogen-bond acceptors (Lipinski definition) is 10. The van der Waals surface area contributed by atoms with Gasteiger partial charge < -0.3 is 29.2 Å². The molecule has 2 N–H and O–H groups in total. The number of nitrogens with zero attached hydrogens (tertiary/aromatic N) is 3. The first-order valence-corrected chi connectivity index (χ1v) is 15.1. The summed E-state index contributed by atoms with van der Waals surface area (Å²) in [5, 5.41) is 19.9. The highest BCUT2D eigenvalue weighted by molar-refractivity contribution is 5.96. The summed E-state index contributed by atoms with van der Waals surface area (Å²) in [6.45, 7) is 0.141. The number of aliphatic carboxylic acids is 1. The molecule has 3 saturated heterocycles. The first kappa shape index (κ1) is 30.5. The van der Waals surface area contributed by atoms with Crippen molar-refractivity contribution in [2.24, 2.45) is 11.8 Å². The lowest BCUT2D eigenvalue weighted by molar-refractivity contribution is -0.146. The second-order valence-corrected chi connectivity index (χ2v) is 12.0. The van der Waals surface area contributed by atoms with Crippen molar-refractivity contribution in [2.45, 2.75) is 101 Å². The molecule has 2 saturated carbocycles. The smallest absolute Gasteiger partial charge is 0.331 e. The maximum Gasteiger partial charge on any atom is 0.331 e. The summed E-state index contributed by atoms with van der Waals surface area (Å²) in [6, 6.07) is -1.61. The number of epoxide rings is 2. The van der Waals surface area contributed by atoms with Crippen molar-refractivity contribution in [1.82, 2.24) is 14.7 Å². The molecular formula is C28H41N3O11. The van der Waals surface area contributed by atoms with Crippen LogP contribution in [0.1, 0.15) is 70.6 Å². The number of imide groups is 1. The number of urea groups is 2. The number of aliphatic hydroxyl groups is 1. The van der Waals surface area contributed by atoms with E-state index in [1.165, 1.54) is 0 Å². The van der Waals surface area contributed by atoms with Crippen LogP contribution in [0.25, 0.3) is 0 Å². The van der Waals surface area contributed by atoms with E-state index in [-0.39, 0.29) is 69.4 Å². The number of ether oxygens (including phenoxy) is 4. The summed E-state index contributed by atoms with van der Waals surface area (Å²) >= 11 is 0. The van der Waals surface area contributed by atoms with E-state index < -0.39 is 42.7 Å². The zero-order valence-electron chi connectivity index (χ0n) is 23.8. The second-order valence-electron chi connectivity index (χ2n) is 12.0. The monoisotopic (exact) mass is 595 g/mol. The fraction of sp³-hybridized carbons (Fsp3) is 0.821. The molecule has 7 atom stereocenters. The zero-order chi connectivity index (χ0) is 29.8. The highest BCUT2D eigenvalue weighted by Gasteiger charge is 2.45. The Morgan fingerprint density at radius 2 is 1.21 bits per heavy atom. The topological polar surface area (TPSA) is 179 Å². The molecule has 0 aromatic heterocycles. The number of fused-ring (bicyclic) bond motifs is 2. The van der Waals surface area contributed by atoms with Gasteiger partial charge in [0, 0.05) is 32.5 Å². The van der Waals surface area contributed by atoms with Crippen molar-refractivity contribution < 1.29 is 53.1 Å². The van der Waals surface area contributed by atoms with Crippen molar-refractivity contribution in [3.63, 3.8) is 0 Å². The van der Waals surface area contributed by atoms with Crippen LogP contribution in [-0.2, 0) is 33.3 Å². The summed E-state index contributed by atoms with van der Waals surface area (Å²) in [6.07, 6.45) is 5.14. The van der Waals surface area contributed by atoms with E-state index in [1.54, 1.807) is 0 Å². The molecule has 5 rings (SSSR count). The van der Waals surface area contributed by atoms with E-state index in [9.17, 15) is 29.1 Å². The third kappa shape index (κ3) is 7.90. The molecule has 42 heavy (non-hydrogen) atoms. The number of carboxylic acids is 1. The third-order valence-corrected chi connectivity index (χ3v) is 8.81. The Bertz CT molecular complexity index is 1040. The predicted octanol–water partition coefficient (Wildman–Crippen LogP) is 1.68. The van der Waals surface area contributed by atoms with Gasteiger partial charge in [-0.2, -0.15) is 0 Å². The van der Waals surface area contributed by atoms with Gasteiger partial charge in [-0.15, -0.1) is 0 Å². The molecule has 2 aliphatic carbocycles. The fourth-order valence-electron chi connectivity index (χ4n) is 6.20. The van der Waals surface area contributed by atoms with E-state index in [4.69, 9.17) is 24.1 Å². The summed E-state index contributed by atoms with van der Waals surface area (Å²) in [5.41, 5.74) is 0. The van der Waals surface area contributed by atoms with Gasteiger partial charge in [0.05, 0.1) is 44.1 Å². The molecule has 0 aromatic carbocycles. The SMILES string of the molecule is O=C(O)CCN1C(=O)N(CCCC(=O)OCC2CCC3OC3C2)C(=O)N(CCCC(=O)OCC2CCC3OC3C2)C1O. The molecule has 0 aromatic rings. The molecule has 5 aliphatic rings. The van der Waals surface area contributed by atoms with Gasteiger partial charge in [0.25, 0.3) is 0 Å². The van der Waals surface area contributed by atoms with Gasteiger partial charge in [-0.25, -0.2) is 14.5 Å². The van der Waals surface area contributed by atoms with Crippen LogP contribution in [0.2, 0.25) is 0 Å². The molecular weight excluding hydrogens is 554 g/mol. The molecule has 14 nitrogen and oxygen atoms in total. The second kappa shape index (κ2) is 13.6. The van der Waals surface area contributed by atoms with Gasteiger partial charge in [0.15, 0.2) is 0 Å². The number of aliphatic hydroxyl groups excluding tert-OH is 1. The fourth-order valence-corrected chi connectivity index (χ4v) is 6.20. The summed E-state index contributed by atoms with van der Waals surface area (Å²) in [4.78, 5) is 64.8. The molecule has 5 fully saturated rings. The number of rotatable bonds is 15. The van der Waals surface area contributed by atoms with Gasteiger partial charge in [-0.3, -0.25) is 24.2 Å². The molecule has 0 radical (unpaired) electrons. The maximum absolute atomic E-state index is 13.2. The lowest BCUT2D eigenvalue weighted by Crippen LogP contribution is -2.66. The standard InChI is InChI=1S/C28H41N3O11/c32-23(33)9-12-31-27(37)29(10-1-3-24(34)39-15-17-5-7-19-21(13-17)41-19)26(36)30(28(31)38)11-2-4-25(35)40-16-18-6-8-20-22(14-18)42-20/h17-22,27,37H,1-16H2,(H,32,33). The van der Waals surface area contributed by atoms with Gasteiger partial charge in [-0.1, -0.05) is 0 Å². The van der Waals surface area contributed by atoms with Crippen LogP contribution in [0.4, 0.5) is 9.59 Å². The number of carboxylic acid groups (broad SMARTS) is 1. The molecule has 4 amide bonds. The van der Waals surface area contributed by atoms with Crippen molar-refractivity contribution >= 4 is 30.0 Å². The van der Waals surface area contributed by atoms with Gasteiger partial charge in [-0.05, 0) is 63.2 Å². The Kier molecular flexibility index (Phi) is 9.84. The number of hydrogen-bond donors (Lipinski definition) is 2. The highest BCUT2D eigenvalue weighted by atomic mass is 16.6. The number of amides is 4. The quantitative estimate of drug-likeness (QED) is 0.208. The summed E-state index contributed by atoms with van der Waals surface area (Å²) < 4.78 is 21.8. The molecule has 3 aliphatic heterocycles. The van der Waals surface area contributed by atoms with Crippen LogP contribution in [0.15, 0.2) is 0 Å². The summed E-state index contributed by atoms with van der Waals surface area (Å²) in [7, 11) is 0. The van der Waals surface area contributed by atoms with Crippen molar-refractivity contribution in [1.29, 1.82) is 0 Å². The maximum atomic E-state index is 13.2. The zero-order valence-corrected chi connectivity index (χ0v) is 23.8. The Morgan fingerprint density at radius 1 is 0.714 bits per heavy atom. The van der Waals surface area contributed by atoms with E-state index in [0.717, 1.165) is 53.2 Å². The Hall–Kier alpha value is -2.97. The predicted molar refractivity (Wildman–Crippen MR) is 142 cm³/mol. The number of carbonyl (C=O) groups excluding carboxylic acids is 4.